The lowest BCUT2D eigenvalue weighted by Crippen LogP contribution is -2.43. The monoisotopic (exact) mass is 444 g/mol. The van der Waals surface area contributed by atoms with Gasteiger partial charge in [0.2, 0.25) is 5.91 Å². The van der Waals surface area contributed by atoms with Gasteiger partial charge in [0.25, 0.3) is 0 Å². The first-order valence-corrected chi connectivity index (χ1v) is 10.1. The van der Waals surface area contributed by atoms with Gasteiger partial charge in [0.1, 0.15) is 0 Å². The molecule has 2 aliphatic rings. The Morgan fingerprint density at radius 2 is 1.74 bits per heavy atom. The number of carbonyl (C=O) groups is 3. The molecule has 2 N–H and O–H groups in total. The Labute approximate surface area is 178 Å². The number of rotatable bonds is 4. The molecule has 0 radical (unpaired) electrons. The number of likely N-dealkylation sites (tertiary alicyclic amines) is 2. The van der Waals surface area contributed by atoms with Crippen LogP contribution in [0.5, 0.6) is 0 Å². The van der Waals surface area contributed by atoms with Crippen molar-refractivity contribution in [3.8, 4) is 0 Å². The predicted molar refractivity (Wildman–Crippen MR) is 105 cm³/mol. The molecule has 2 atom stereocenters. The van der Waals surface area contributed by atoms with E-state index in [0.29, 0.717) is 32.5 Å². The number of amides is 1. The number of alkyl halides is 3. The highest BCUT2D eigenvalue weighted by Gasteiger charge is 2.53. The lowest BCUT2D eigenvalue weighted by Gasteiger charge is -2.29. The summed E-state index contributed by atoms with van der Waals surface area (Å²) in [5, 5.41) is 17.0. The van der Waals surface area contributed by atoms with Crippen LogP contribution in [0.4, 0.5) is 13.2 Å². The number of fused-ring (bicyclic) bond motifs is 1. The zero-order valence-electron chi connectivity index (χ0n) is 17.3. The van der Waals surface area contributed by atoms with E-state index in [-0.39, 0.29) is 11.8 Å². The van der Waals surface area contributed by atoms with E-state index in [9.17, 15) is 27.9 Å². The molecule has 2 aliphatic heterocycles. The molecule has 0 bridgehead atoms. The highest BCUT2D eigenvalue weighted by molar-refractivity contribution is 5.80. The number of hydrogen-bond acceptors (Lipinski definition) is 4. The highest BCUT2D eigenvalue weighted by atomic mass is 19.4. The van der Waals surface area contributed by atoms with E-state index >= 15 is 0 Å². The van der Waals surface area contributed by atoms with Crippen LogP contribution in [-0.4, -0.2) is 76.8 Å². The zero-order chi connectivity index (χ0) is 23.2. The molecule has 2 saturated heterocycles. The van der Waals surface area contributed by atoms with Gasteiger partial charge in [0.15, 0.2) is 0 Å². The SMILES string of the molecule is CCN1C[C@@H]2CN(C(=O)Cc3ccccc3)CCC[C@]2(C(=O)O)C1.O=C(O)C(F)(F)F. The fourth-order valence-corrected chi connectivity index (χ4v) is 4.24. The van der Waals surface area contributed by atoms with E-state index in [1.165, 1.54) is 0 Å². The molecule has 2 heterocycles. The van der Waals surface area contributed by atoms with Gasteiger partial charge >= 0.3 is 18.1 Å². The van der Waals surface area contributed by atoms with E-state index in [4.69, 9.17) is 9.90 Å². The van der Waals surface area contributed by atoms with Crippen molar-refractivity contribution in [3.63, 3.8) is 0 Å². The lowest BCUT2D eigenvalue weighted by atomic mass is 9.75. The van der Waals surface area contributed by atoms with Gasteiger partial charge in [-0.2, -0.15) is 13.2 Å². The van der Waals surface area contributed by atoms with E-state index in [2.05, 4.69) is 11.8 Å². The Morgan fingerprint density at radius 3 is 2.26 bits per heavy atom. The fraction of sp³-hybridized carbons (Fsp3) is 0.571. The van der Waals surface area contributed by atoms with Crippen molar-refractivity contribution in [1.82, 2.24) is 9.80 Å². The zero-order valence-corrected chi connectivity index (χ0v) is 17.3. The van der Waals surface area contributed by atoms with Crippen molar-refractivity contribution in [1.29, 1.82) is 0 Å². The molecule has 3 rings (SSSR count). The summed E-state index contributed by atoms with van der Waals surface area (Å²) in [6, 6.07) is 9.75. The number of benzene rings is 1. The molecular weight excluding hydrogens is 417 g/mol. The predicted octanol–water partition coefficient (Wildman–Crippen LogP) is 2.51. The number of halogens is 3. The quantitative estimate of drug-likeness (QED) is 0.741. The highest BCUT2D eigenvalue weighted by Crippen LogP contribution is 2.42. The second kappa shape index (κ2) is 10.1. The number of carboxylic acids is 2. The van der Waals surface area contributed by atoms with Crippen LogP contribution in [-0.2, 0) is 20.8 Å². The molecule has 2 fully saturated rings. The normalized spacial score (nSPS) is 23.9. The van der Waals surface area contributed by atoms with Crippen LogP contribution in [0, 0.1) is 11.3 Å². The molecule has 10 heteroatoms. The summed E-state index contributed by atoms with van der Waals surface area (Å²) in [5.74, 6) is -3.32. The molecule has 172 valence electrons. The van der Waals surface area contributed by atoms with Crippen molar-refractivity contribution in [2.75, 3.05) is 32.7 Å². The first kappa shape index (κ1) is 24.6. The summed E-state index contributed by atoms with van der Waals surface area (Å²) in [6.45, 7) is 5.56. The minimum atomic E-state index is -5.08. The largest absolute Gasteiger partial charge is 0.490 e. The van der Waals surface area contributed by atoms with Crippen LogP contribution < -0.4 is 0 Å². The standard InChI is InChI=1S/C19H26N2O3.C2HF3O2/c1-2-20-12-16-13-21(10-6-9-19(16,14-20)18(23)24)17(22)11-15-7-4-3-5-8-15;3-2(4,5)1(6)7/h3-5,7-8,16H,2,6,9-14H2,1H3,(H,23,24);(H,6,7)/t16-,19+;/m1./s1. The molecule has 0 spiro atoms. The first-order valence-electron chi connectivity index (χ1n) is 10.1. The summed E-state index contributed by atoms with van der Waals surface area (Å²) in [6.07, 6.45) is -3.26. The van der Waals surface area contributed by atoms with Crippen LogP contribution in [0.3, 0.4) is 0 Å². The van der Waals surface area contributed by atoms with Gasteiger partial charge in [0, 0.05) is 32.1 Å². The van der Waals surface area contributed by atoms with Gasteiger partial charge in [-0.25, -0.2) is 4.79 Å². The maximum atomic E-state index is 12.7. The van der Waals surface area contributed by atoms with Crippen LogP contribution >= 0.6 is 0 Å². The minimum absolute atomic E-state index is 0.0252. The van der Waals surface area contributed by atoms with Crippen LogP contribution in [0.2, 0.25) is 0 Å². The van der Waals surface area contributed by atoms with Gasteiger partial charge in [-0.05, 0) is 24.9 Å². The molecule has 0 saturated carbocycles. The average Bonchev–Trinajstić information content (AvgIpc) is 2.96. The molecule has 7 nitrogen and oxygen atoms in total. The summed E-state index contributed by atoms with van der Waals surface area (Å²) in [5.41, 5.74) is 0.329. The summed E-state index contributed by atoms with van der Waals surface area (Å²) in [4.78, 5) is 37.7. The summed E-state index contributed by atoms with van der Waals surface area (Å²) < 4.78 is 31.7. The maximum absolute atomic E-state index is 12.7. The third kappa shape index (κ3) is 6.19. The average molecular weight is 444 g/mol. The Hall–Kier alpha value is -2.62. The van der Waals surface area contributed by atoms with E-state index in [1.54, 1.807) is 0 Å². The maximum Gasteiger partial charge on any atom is 0.490 e. The number of hydrogen-bond donors (Lipinski definition) is 2. The van der Waals surface area contributed by atoms with Crippen molar-refractivity contribution >= 4 is 17.8 Å². The van der Waals surface area contributed by atoms with Crippen molar-refractivity contribution in [2.24, 2.45) is 11.3 Å². The molecular formula is C21H27F3N2O5. The van der Waals surface area contributed by atoms with Gasteiger partial charge in [-0.15, -0.1) is 0 Å². The summed E-state index contributed by atoms with van der Waals surface area (Å²) in [7, 11) is 0. The van der Waals surface area contributed by atoms with E-state index in [1.807, 2.05) is 35.2 Å². The van der Waals surface area contributed by atoms with Crippen molar-refractivity contribution < 1.29 is 37.8 Å². The van der Waals surface area contributed by atoms with E-state index < -0.39 is 23.5 Å². The number of aliphatic carboxylic acids is 2. The first-order chi connectivity index (χ1) is 14.5. The Kier molecular flexibility index (Phi) is 8.05. The smallest absolute Gasteiger partial charge is 0.481 e. The molecule has 31 heavy (non-hydrogen) atoms. The second-order valence-corrected chi connectivity index (χ2v) is 7.89. The van der Waals surface area contributed by atoms with Crippen LogP contribution in [0.15, 0.2) is 30.3 Å². The number of carboxylic acid groups (broad SMARTS) is 2. The molecule has 1 aromatic rings. The van der Waals surface area contributed by atoms with Gasteiger partial charge in [0.05, 0.1) is 11.8 Å². The van der Waals surface area contributed by atoms with Crippen molar-refractivity contribution in [2.45, 2.75) is 32.4 Å². The Morgan fingerprint density at radius 1 is 1.13 bits per heavy atom. The van der Waals surface area contributed by atoms with Gasteiger partial charge in [-0.3, -0.25) is 9.59 Å². The van der Waals surface area contributed by atoms with E-state index in [0.717, 1.165) is 25.1 Å². The Bertz CT molecular complexity index is 787. The topological polar surface area (TPSA) is 98.2 Å². The third-order valence-corrected chi connectivity index (χ3v) is 5.92. The Balaban J connectivity index is 0.000000423. The minimum Gasteiger partial charge on any atom is -0.481 e. The van der Waals surface area contributed by atoms with Gasteiger partial charge in [-0.1, -0.05) is 37.3 Å². The summed E-state index contributed by atoms with van der Waals surface area (Å²) >= 11 is 0. The van der Waals surface area contributed by atoms with Crippen LogP contribution in [0.1, 0.15) is 25.3 Å². The molecule has 1 aromatic carbocycles. The molecule has 1 amide bonds. The number of nitrogens with zero attached hydrogens (tertiary/aromatic N) is 2. The molecule has 0 aliphatic carbocycles. The molecule has 0 aromatic heterocycles. The van der Waals surface area contributed by atoms with Gasteiger partial charge < -0.3 is 20.0 Å². The lowest BCUT2D eigenvalue weighted by molar-refractivity contribution is -0.192. The number of carbonyl (C=O) groups excluding carboxylic acids is 1. The fourth-order valence-electron chi connectivity index (χ4n) is 4.24. The molecule has 0 unspecified atom stereocenters. The van der Waals surface area contributed by atoms with Crippen molar-refractivity contribution in [3.05, 3.63) is 35.9 Å². The second-order valence-electron chi connectivity index (χ2n) is 7.89. The third-order valence-electron chi connectivity index (χ3n) is 5.92. The van der Waals surface area contributed by atoms with Crippen LogP contribution in [0.25, 0.3) is 0 Å².